The molecule has 5 nitrogen and oxygen atoms in total. The van der Waals surface area contributed by atoms with Crippen LogP contribution in [-0.4, -0.2) is 35.0 Å². The summed E-state index contributed by atoms with van der Waals surface area (Å²) >= 11 is 0. The number of nitrogens with two attached hydrogens (primary N) is 1. The van der Waals surface area contributed by atoms with Gasteiger partial charge in [0.1, 0.15) is 6.54 Å². The molecule has 0 aliphatic carbocycles. The maximum atomic E-state index is 12.1. The SMILES string of the molecule is CC(C)CN(CC(=O)O)C(=O)Cc1ccc(N)cc1. The van der Waals surface area contributed by atoms with E-state index in [0.717, 1.165) is 5.56 Å². The van der Waals surface area contributed by atoms with Crippen molar-refractivity contribution in [2.75, 3.05) is 18.8 Å². The highest BCUT2D eigenvalue weighted by Crippen LogP contribution is 2.09. The molecule has 0 aromatic heterocycles. The lowest BCUT2D eigenvalue weighted by Crippen LogP contribution is -2.39. The van der Waals surface area contributed by atoms with E-state index < -0.39 is 5.97 Å². The van der Waals surface area contributed by atoms with Crippen molar-refractivity contribution in [3.05, 3.63) is 29.8 Å². The molecule has 5 heteroatoms. The van der Waals surface area contributed by atoms with E-state index in [4.69, 9.17) is 10.8 Å². The van der Waals surface area contributed by atoms with Crippen molar-refractivity contribution in [1.29, 1.82) is 0 Å². The molecule has 0 saturated carbocycles. The molecule has 19 heavy (non-hydrogen) atoms. The first-order chi connectivity index (χ1) is 8.88. The molecule has 1 aromatic rings. The number of rotatable bonds is 6. The smallest absolute Gasteiger partial charge is 0.323 e. The molecule has 3 N–H and O–H groups in total. The molecule has 0 atom stereocenters. The Kier molecular flexibility index (Phi) is 5.36. The number of anilines is 1. The summed E-state index contributed by atoms with van der Waals surface area (Å²) < 4.78 is 0. The van der Waals surface area contributed by atoms with Crippen LogP contribution in [0.15, 0.2) is 24.3 Å². The van der Waals surface area contributed by atoms with E-state index in [-0.39, 0.29) is 24.8 Å². The average Bonchev–Trinajstić information content (AvgIpc) is 2.30. The number of amides is 1. The summed E-state index contributed by atoms with van der Waals surface area (Å²) in [6.45, 7) is 4.09. The van der Waals surface area contributed by atoms with Gasteiger partial charge in [0.25, 0.3) is 0 Å². The molecule has 1 amide bonds. The molecule has 0 bridgehead atoms. The van der Waals surface area contributed by atoms with Gasteiger partial charge in [0, 0.05) is 12.2 Å². The molecule has 1 rings (SSSR count). The van der Waals surface area contributed by atoms with Gasteiger partial charge in [0.15, 0.2) is 0 Å². The lowest BCUT2D eigenvalue weighted by atomic mass is 10.1. The van der Waals surface area contributed by atoms with Crippen LogP contribution in [-0.2, 0) is 16.0 Å². The van der Waals surface area contributed by atoms with Gasteiger partial charge in [-0.05, 0) is 23.6 Å². The average molecular weight is 264 g/mol. The van der Waals surface area contributed by atoms with Gasteiger partial charge in [0.2, 0.25) is 5.91 Å². The molecule has 0 aliphatic heterocycles. The molecular formula is C14H20N2O3. The monoisotopic (exact) mass is 264 g/mol. The Morgan fingerprint density at radius 1 is 1.26 bits per heavy atom. The van der Waals surface area contributed by atoms with E-state index in [0.29, 0.717) is 12.2 Å². The van der Waals surface area contributed by atoms with Crippen LogP contribution >= 0.6 is 0 Å². The fraction of sp³-hybridized carbons (Fsp3) is 0.429. The normalized spacial score (nSPS) is 10.5. The van der Waals surface area contributed by atoms with Crippen LogP contribution in [0.2, 0.25) is 0 Å². The number of carbonyl (C=O) groups excluding carboxylic acids is 1. The summed E-state index contributed by atoms with van der Waals surface area (Å²) in [6.07, 6.45) is 0.195. The largest absolute Gasteiger partial charge is 0.480 e. The van der Waals surface area contributed by atoms with Gasteiger partial charge in [-0.25, -0.2) is 0 Å². The predicted octanol–water partition coefficient (Wildman–Crippen LogP) is 1.38. The van der Waals surface area contributed by atoms with E-state index >= 15 is 0 Å². The summed E-state index contributed by atoms with van der Waals surface area (Å²) in [5.74, 6) is -0.943. The number of hydrogen-bond donors (Lipinski definition) is 2. The van der Waals surface area contributed by atoms with Crippen molar-refractivity contribution in [3.63, 3.8) is 0 Å². The highest BCUT2D eigenvalue weighted by atomic mass is 16.4. The summed E-state index contributed by atoms with van der Waals surface area (Å²) in [7, 11) is 0. The Morgan fingerprint density at radius 3 is 2.32 bits per heavy atom. The minimum atomic E-state index is -0.994. The number of carbonyl (C=O) groups is 2. The first-order valence-corrected chi connectivity index (χ1v) is 6.22. The van der Waals surface area contributed by atoms with Crippen molar-refractivity contribution in [2.24, 2.45) is 5.92 Å². The zero-order valence-electron chi connectivity index (χ0n) is 11.3. The molecular weight excluding hydrogens is 244 g/mol. The van der Waals surface area contributed by atoms with Crippen LogP contribution < -0.4 is 5.73 Å². The van der Waals surface area contributed by atoms with Gasteiger partial charge in [-0.15, -0.1) is 0 Å². The summed E-state index contributed by atoms with van der Waals surface area (Å²) in [5, 5.41) is 8.84. The van der Waals surface area contributed by atoms with Gasteiger partial charge in [-0.2, -0.15) is 0 Å². The van der Waals surface area contributed by atoms with Crippen LogP contribution in [0, 0.1) is 5.92 Å². The third-order valence-electron chi connectivity index (χ3n) is 2.60. The lowest BCUT2D eigenvalue weighted by molar-refractivity contribution is -0.144. The van der Waals surface area contributed by atoms with Crippen LogP contribution in [0.4, 0.5) is 5.69 Å². The van der Waals surface area contributed by atoms with Gasteiger partial charge < -0.3 is 15.7 Å². The lowest BCUT2D eigenvalue weighted by Gasteiger charge is -2.22. The van der Waals surface area contributed by atoms with Gasteiger partial charge >= 0.3 is 5.97 Å². The molecule has 0 unspecified atom stereocenters. The van der Waals surface area contributed by atoms with Gasteiger partial charge in [0.05, 0.1) is 6.42 Å². The standard InChI is InChI=1S/C14H20N2O3/c1-10(2)8-16(9-14(18)19)13(17)7-11-3-5-12(15)6-4-11/h3-6,10H,7-9,15H2,1-2H3,(H,18,19). The quantitative estimate of drug-likeness (QED) is 0.760. The second-order valence-corrected chi connectivity index (χ2v) is 4.98. The van der Waals surface area contributed by atoms with Crippen molar-refractivity contribution in [1.82, 2.24) is 4.90 Å². The zero-order valence-corrected chi connectivity index (χ0v) is 11.3. The molecule has 0 aliphatic rings. The van der Waals surface area contributed by atoms with Gasteiger partial charge in [-0.1, -0.05) is 26.0 Å². The second-order valence-electron chi connectivity index (χ2n) is 4.98. The molecule has 104 valence electrons. The fourth-order valence-electron chi connectivity index (χ4n) is 1.78. The van der Waals surface area contributed by atoms with Crippen LogP contribution in [0.3, 0.4) is 0 Å². The van der Waals surface area contributed by atoms with Gasteiger partial charge in [-0.3, -0.25) is 9.59 Å². The molecule has 1 aromatic carbocycles. The van der Waals surface area contributed by atoms with Crippen LogP contribution in [0.25, 0.3) is 0 Å². The Bertz CT molecular complexity index is 441. The first-order valence-electron chi connectivity index (χ1n) is 6.22. The predicted molar refractivity (Wildman–Crippen MR) is 73.6 cm³/mol. The summed E-state index contributed by atoms with van der Waals surface area (Å²) in [4.78, 5) is 24.3. The number of nitrogens with zero attached hydrogens (tertiary/aromatic N) is 1. The first kappa shape index (κ1) is 15.0. The Hall–Kier alpha value is -2.04. The number of carboxylic acids is 1. The Morgan fingerprint density at radius 2 is 1.84 bits per heavy atom. The summed E-state index contributed by atoms with van der Waals surface area (Å²) in [6, 6.07) is 7.02. The number of carboxylic acid groups (broad SMARTS) is 1. The minimum Gasteiger partial charge on any atom is -0.480 e. The number of benzene rings is 1. The van der Waals surface area contributed by atoms with Crippen molar-refractivity contribution >= 4 is 17.6 Å². The van der Waals surface area contributed by atoms with Crippen LogP contribution in [0.5, 0.6) is 0 Å². The van der Waals surface area contributed by atoms with Crippen molar-refractivity contribution < 1.29 is 14.7 Å². The topological polar surface area (TPSA) is 83.6 Å². The number of aliphatic carboxylic acids is 1. The maximum absolute atomic E-state index is 12.1. The maximum Gasteiger partial charge on any atom is 0.323 e. The minimum absolute atomic E-state index is 0.180. The highest BCUT2D eigenvalue weighted by Gasteiger charge is 2.18. The van der Waals surface area contributed by atoms with E-state index in [1.807, 2.05) is 13.8 Å². The highest BCUT2D eigenvalue weighted by molar-refractivity contribution is 5.83. The van der Waals surface area contributed by atoms with E-state index in [1.54, 1.807) is 24.3 Å². The third-order valence-corrected chi connectivity index (χ3v) is 2.60. The Labute approximate surface area is 113 Å². The molecule has 0 spiro atoms. The third kappa shape index (κ3) is 5.42. The van der Waals surface area contributed by atoms with Crippen molar-refractivity contribution in [3.8, 4) is 0 Å². The summed E-state index contributed by atoms with van der Waals surface area (Å²) in [5.41, 5.74) is 7.05. The van der Waals surface area contributed by atoms with Crippen molar-refractivity contribution in [2.45, 2.75) is 20.3 Å². The van der Waals surface area contributed by atoms with E-state index in [9.17, 15) is 9.59 Å². The van der Waals surface area contributed by atoms with E-state index in [2.05, 4.69) is 0 Å². The fourth-order valence-corrected chi connectivity index (χ4v) is 1.78. The number of nitrogen functional groups attached to an aromatic ring is 1. The molecule has 0 fully saturated rings. The molecule has 0 heterocycles. The number of hydrogen-bond acceptors (Lipinski definition) is 3. The Balaban J connectivity index is 2.70. The van der Waals surface area contributed by atoms with Crippen LogP contribution in [0.1, 0.15) is 19.4 Å². The molecule has 0 saturated heterocycles. The zero-order chi connectivity index (χ0) is 14.4. The second kappa shape index (κ2) is 6.78. The molecule has 0 radical (unpaired) electrons. The van der Waals surface area contributed by atoms with E-state index in [1.165, 1.54) is 4.90 Å².